The fourth-order valence-electron chi connectivity index (χ4n) is 5.51. The largest absolute Gasteiger partial charge is 0.508 e. The average Bonchev–Trinajstić information content (AvgIpc) is 2.88. The molecule has 3 N–H and O–H groups in total. The number of phenolic OH excluding ortho intramolecular Hbond substituents is 1. The highest BCUT2D eigenvalue weighted by atomic mass is 16.6. The van der Waals surface area contributed by atoms with E-state index in [0.29, 0.717) is 0 Å². The number of rotatable bonds is 8. The lowest BCUT2D eigenvalue weighted by Gasteiger charge is -2.44. The van der Waals surface area contributed by atoms with Gasteiger partial charge in [0.15, 0.2) is 0 Å². The molecule has 0 heterocycles. The summed E-state index contributed by atoms with van der Waals surface area (Å²) in [6.45, 7) is 14.9. The van der Waals surface area contributed by atoms with E-state index in [2.05, 4.69) is 10.6 Å². The van der Waals surface area contributed by atoms with Crippen molar-refractivity contribution in [2.45, 2.75) is 123 Å². The highest BCUT2D eigenvalue weighted by molar-refractivity contribution is 5.93. The summed E-state index contributed by atoms with van der Waals surface area (Å²) in [5, 5.41) is 15.9. The van der Waals surface area contributed by atoms with E-state index in [0.717, 1.165) is 54.4 Å². The Morgan fingerprint density at radius 2 is 1.57 bits per heavy atom. The highest BCUT2D eigenvalue weighted by Gasteiger charge is 2.43. The van der Waals surface area contributed by atoms with Gasteiger partial charge in [-0.3, -0.25) is 9.59 Å². The van der Waals surface area contributed by atoms with Gasteiger partial charge in [0.25, 0.3) is 0 Å². The van der Waals surface area contributed by atoms with E-state index in [-0.39, 0.29) is 24.1 Å². The molecule has 3 rings (SSSR count). The molecule has 8 heteroatoms. The van der Waals surface area contributed by atoms with E-state index in [1.54, 1.807) is 49.9 Å². The second-order valence-corrected chi connectivity index (χ2v) is 13.6. The Morgan fingerprint density at radius 3 is 2.14 bits per heavy atom. The average molecular weight is 580 g/mol. The molecule has 0 aliphatic heterocycles. The maximum absolute atomic E-state index is 14.7. The van der Waals surface area contributed by atoms with Gasteiger partial charge in [-0.2, -0.15) is 0 Å². The SMILES string of the molecule is Cc1ccc(C)c(C(C(=O)NC2CCCCC2)N(C(=O)C(Cc2ccc(O)cc2)NC(=O)OC(C)(C)C)C(C)(C)C)c1. The standard InChI is InChI=1S/C34H49N3O5/c1-22-14-15-23(2)27(20-22)29(30(39)35-25-12-10-9-11-13-25)37(33(3,4)5)31(40)28(36-32(41)42-34(6,7)8)21-24-16-18-26(38)19-17-24/h14-20,25,28-29,38H,9-13,21H2,1-8H3,(H,35,39)(H,36,41). The number of benzene rings is 2. The normalized spacial score (nSPS) is 15.8. The summed E-state index contributed by atoms with van der Waals surface area (Å²) >= 11 is 0. The van der Waals surface area contributed by atoms with Crippen molar-refractivity contribution < 1.29 is 24.2 Å². The number of hydrogen-bond donors (Lipinski definition) is 3. The Bertz CT molecular complexity index is 1240. The van der Waals surface area contributed by atoms with Crippen molar-refractivity contribution in [1.29, 1.82) is 0 Å². The topological polar surface area (TPSA) is 108 Å². The van der Waals surface area contributed by atoms with Crippen molar-refractivity contribution >= 4 is 17.9 Å². The molecule has 0 saturated heterocycles. The zero-order valence-electron chi connectivity index (χ0n) is 26.5. The van der Waals surface area contributed by atoms with E-state index in [1.165, 1.54) is 0 Å². The van der Waals surface area contributed by atoms with Gasteiger partial charge in [-0.25, -0.2) is 4.79 Å². The quantitative estimate of drug-likeness (QED) is 0.342. The predicted molar refractivity (Wildman–Crippen MR) is 165 cm³/mol. The van der Waals surface area contributed by atoms with Crippen LogP contribution in [0, 0.1) is 13.8 Å². The minimum atomic E-state index is -1.03. The summed E-state index contributed by atoms with van der Waals surface area (Å²) in [5.41, 5.74) is 1.84. The second kappa shape index (κ2) is 13.6. The molecule has 3 amide bonds. The summed E-state index contributed by atoms with van der Waals surface area (Å²) in [6.07, 6.45) is 4.55. The van der Waals surface area contributed by atoms with Crippen LogP contribution in [-0.4, -0.2) is 51.1 Å². The number of phenols is 1. The van der Waals surface area contributed by atoms with Crippen molar-refractivity contribution in [1.82, 2.24) is 15.5 Å². The Kier molecular flexibility index (Phi) is 10.7. The maximum atomic E-state index is 14.7. The Morgan fingerprint density at radius 1 is 0.952 bits per heavy atom. The van der Waals surface area contributed by atoms with Gasteiger partial charge in [0, 0.05) is 18.0 Å². The number of aryl methyl sites for hydroxylation is 2. The van der Waals surface area contributed by atoms with Gasteiger partial charge in [-0.1, -0.05) is 55.2 Å². The summed E-state index contributed by atoms with van der Waals surface area (Å²) in [6, 6.07) is 10.6. The van der Waals surface area contributed by atoms with E-state index in [1.807, 2.05) is 52.8 Å². The van der Waals surface area contributed by atoms with Crippen molar-refractivity contribution in [2.75, 3.05) is 0 Å². The first-order valence-corrected chi connectivity index (χ1v) is 15.0. The van der Waals surface area contributed by atoms with Crippen LogP contribution < -0.4 is 10.6 Å². The molecule has 1 aliphatic rings. The van der Waals surface area contributed by atoms with E-state index >= 15 is 0 Å². The lowest BCUT2D eigenvalue weighted by molar-refractivity contribution is -0.148. The molecule has 0 aromatic heterocycles. The number of nitrogens with one attached hydrogen (secondary N) is 2. The van der Waals surface area contributed by atoms with Gasteiger partial charge in [-0.05, 0) is 97.1 Å². The van der Waals surface area contributed by atoms with Crippen LogP contribution in [0.4, 0.5) is 4.79 Å². The molecule has 2 aromatic rings. The van der Waals surface area contributed by atoms with Crippen LogP contribution in [0.5, 0.6) is 5.75 Å². The monoisotopic (exact) mass is 579 g/mol. The number of alkyl carbamates (subject to hydrolysis) is 1. The van der Waals surface area contributed by atoms with Gasteiger partial charge >= 0.3 is 6.09 Å². The number of nitrogens with zero attached hydrogens (tertiary/aromatic N) is 1. The Hall–Kier alpha value is -3.55. The molecule has 8 nitrogen and oxygen atoms in total. The van der Waals surface area contributed by atoms with Crippen molar-refractivity contribution in [3.63, 3.8) is 0 Å². The van der Waals surface area contributed by atoms with Crippen LogP contribution in [0.1, 0.15) is 102 Å². The van der Waals surface area contributed by atoms with Gasteiger partial charge in [0.2, 0.25) is 11.8 Å². The van der Waals surface area contributed by atoms with E-state index < -0.39 is 35.2 Å². The van der Waals surface area contributed by atoms with Gasteiger partial charge in [0.1, 0.15) is 23.4 Å². The summed E-state index contributed by atoms with van der Waals surface area (Å²) in [7, 11) is 0. The van der Waals surface area contributed by atoms with Crippen LogP contribution in [0.2, 0.25) is 0 Å². The smallest absolute Gasteiger partial charge is 0.408 e. The Labute approximate surface area is 251 Å². The first kappa shape index (κ1) is 33.0. The number of carbonyl (C=O) groups excluding carboxylic acids is 3. The fraction of sp³-hybridized carbons (Fsp3) is 0.559. The molecule has 0 spiro atoms. The van der Waals surface area contributed by atoms with Crippen LogP contribution in [0.3, 0.4) is 0 Å². The summed E-state index contributed by atoms with van der Waals surface area (Å²) in [4.78, 5) is 43.6. The molecule has 230 valence electrons. The molecule has 1 aliphatic carbocycles. The zero-order valence-corrected chi connectivity index (χ0v) is 26.5. The number of amides is 3. The third kappa shape index (κ3) is 9.23. The van der Waals surface area contributed by atoms with Crippen molar-refractivity contribution in [2.24, 2.45) is 0 Å². The molecule has 2 unspecified atom stereocenters. The van der Waals surface area contributed by atoms with Crippen molar-refractivity contribution in [3.8, 4) is 5.75 Å². The predicted octanol–water partition coefficient (Wildman–Crippen LogP) is 6.26. The first-order chi connectivity index (χ1) is 19.5. The molecule has 42 heavy (non-hydrogen) atoms. The molecular weight excluding hydrogens is 530 g/mol. The number of aromatic hydroxyl groups is 1. The van der Waals surface area contributed by atoms with Gasteiger partial charge in [0.05, 0.1) is 0 Å². The second-order valence-electron chi connectivity index (χ2n) is 13.6. The zero-order chi connectivity index (χ0) is 31.2. The molecular formula is C34H49N3O5. The summed E-state index contributed by atoms with van der Waals surface area (Å²) < 4.78 is 5.53. The van der Waals surface area contributed by atoms with Crippen LogP contribution >= 0.6 is 0 Å². The van der Waals surface area contributed by atoms with E-state index in [9.17, 15) is 19.5 Å². The molecule has 1 saturated carbocycles. The van der Waals surface area contributed by atoms with Gasteiger partial charge in [-0.15, -0.1) is 0 Å². The highest BCUT2D eigenvalue weighted by Crippen LogP contribution is 2.33. The molecule has 2 aromatic carbocycles. The fourth-order valence-corrected chi connectivity index (χ4v) is 5.51. The molecule has 1 fully saturated rings. The van der Waals surface area contributed by atoms with Crippen LogP contribution in [0.25, 0.3) is 0 Å². The minimum absolute atomic E-state index is 0.0588. The number of hydrogen-bond acceptors (Lipinski definition) is 5. The lowest BCUT2D eigenvalue weighted by Crippen LogP contribution is -2.59. The van der Waals surface area contributed by atoms with Crippen LogP contribution in [0.15, 0.2) is 42.5 Å². The lowest BCUT2D eigenvalue weighted by atomic mass is 9.90. The van der Waals surface area contributed by atoms with Crippen LogP contribution in [-0.2, 0) is 20.7 Å². The molecule has 0 bridgehead atoms. The first-order valence-electron chi connectivity index (χ1n) is 15.0. The molecule has 0 radical (unpaired) electrons. The number of carbonyl (C=O) groups is 3. The minimum Gasteiger partial charge on any atom is -0.508 e. The number of ether oxygens (including phenoxy) is 1. The Balaban J connectivity index is 2.09. The van der Waals surface area contributed by atoms with E-state index in [4.69, 9.17) is 4.74 Å². The third-order valence-electron chi connectivity index (χ3n) is 7.51. The van der Waals surface area contributed by atoms with Crippen molar-refractivity contribution in [3.05, 3.63) is 64.7 Å². The summed E-state index contributed by atoms with van der Waals surface area (Å²) in [5.74, 6) is -0.516. The third-order valence-corrected chi connectivity index (χ3v) is 7.51. The maximum Gasteiger partial charge on any atom is 0.408 e. The van der Waals surface area contributed by atoms with Gasteiger partial charge < -0.3 is 25.4 Å². The molecule has 2 atom stereocenters.